The average molecular weight is 1150 g/mol. The molecule has 19 heteroatoms. The summed E-state index contributed by atoms with van der Waals surface area (Å²) in [5.41, 5.74) is 0. The molecule has 474 valence electrons. The molecule has 0 aromatic carbocycles. The van der Waals surface area contributed by atoms with Crippen molar-refractivity contribution in [3.05, 3.63) is 0 Å². The molecule has 0 saturated carbocycles. The fourth-order valence-electron chi connectivity index (χ4n) is 11.4. The lowest BCUT2D eigenvalue weighted by atomic mass is 9.96. The molecule has 80 heavy (non-hydrogen) atoms. The van der Waals surface area contributed by atoms with Gasteiger partial charge in [0.15, 0.2) is 18.9 Å². The maximum Gasteiger partial charge on any atom is 0.220 e. The van der Waals surface area contributed by atoms with E-state index >= 15 is 0 Å². The number of ether oxygens (including phenoxy) is 6. The molecule has 3 aliphatic rings. The molecule has 12 N–H and O–H groups in total. The third kappa shape index (κ3) is 28.3. The Labute approximate surface area is 481 Å². The molecule has 17 unspecified atom stereocenters. The summed E-state index contributed by atoms with van der Waals surface area (Å²) < 4.78 is 34.2. The normalized spacial score (nSPS) is 29.9. The highest BCUT2D eigenvalue weighted by Gasteiger charge is 2.53. The van der Waals surface area contributed by atoms with Crippen molar-refractivity contribution in [2.24, 2.45) is 0 Å². The van der Waals surface area contributed by atoms with E-state index < -0.39 is 124 Å². The van der Waals surface area contributed by atoms with E-state index in [1.165, 1.54) is 161 Å². The number of carbonyl (C=O) groups is 1. The Bertz CT molecular complexity index is 1470. The lowest BCUT2D eigenvalue weighted by Gasteiger charge is -2.48. The van der Waals surface area contributed by atoms with E-state index in [9.17, 15) is 61.0 Å². The van der Waals surface area contributed by atoms with Gasteiger partial charge in [-0.15, -0.1) is 0 Å². The maximum absolute atomic E-state index is 13.3. The third-order valence-corrected chi connectivity index (χ3v) is 16.7. The minimum Gasteiger partial charge on any atom is -0.394 e. The minimum atomic E-state index is -1.97. The number of hydrogen-bond acceptors (Lipinski definition) is 18. The summed E-state index contributed by atoms with van der Waals surface area (Å²) in [5, 5.41) is 120. The first-order chi connectivity index (χ1) is 38.8. The van der Waals surface area contributed by atoms with Crippen LogP contribution in [0.1, 0.15) is 251 Å². The standard InChI is InChI=1S/C61H117NO18/c1-3-5-7-9-11-12-13-14-15-16-17-18-19-20-21-22-23-24-25-26-27-28-29-30-31-33-35-37-39-49(67)62-44(45(66)38-36-34-32-10-8-6-4-2)43-75-59-55(73)52(70)57(47(41-64)77-59)80-61-56(74)53(71)58(48(42-65)78-61)79-60-54(72)51(69)50(68)46(40-63)76-60/h44-48,50-61,63-66,68-74H,3-43H2,1-2H3,(H,62,67). The Morgan fingerprint density at radius 3 is 1.09 bits per heavy atom. The second-order valence-electron chi connectivity index (χ2n) is 23.6. The second kappa shape index (κ2) is 45.2. The molecule has 3 heterocycles. The van der Waals surface area contributed by atoms with Crippen LogP contribution in [-0.2, 0) is 33.2 Å². The van der Waals surface area contributed by atoms with Crippen molar-refractivity contribution in [1.82, 2.24) is 5.32 Å². The number of nitrogens with one attached hydrogen (secondary N) is 1. The smallest absolute Gasteiger partial charge is 0.220 e. The van der Waals surface area contributed by atoms with Gasteiger partial charge < -0.3 is 89.9 Å². The van der Waals surface area contributed by atoms with Crippen molar-refractivity contribution in [3.63, 3.8) is 0 Å². The molecule has 0 aliphatic carbocycles. The number of amides is 1. The largest absolute Gasteiger partial charge is 0.394 e. The molecule has 1 amide bonds. The van der Waals surface area contributed by atoms with Crippen LogP contribution in [0.2, 0.25) is 0 Å². The lowest BCUT2D eigenvalue weighted by Crippen LogP contribution is -2.66. The van der Waals surface area contributed by atoms with Crippen LogP contribution in [0.15, 0.2) is 0 Å². The predicted molar refractivity (Wildman–Crippen MR) is 305 cm³/mol. The average Bonchev–Trinajstić information content (AvgIpc) is 3.47. The van der Waals surface area contributed by atoms with Crippen LogP contribution in [0.4, 0.5) is 0 Å². The SMILES string of the molecule is CCCCCCCCCCCCCCCCCCCCCCCCCCCCCCC(=O)NC(COC1OC(CO)C(OC2OC(CO)C(OC3OC(CO)C(O)C(O)C3O)C(O)C2O)C(O)C1O)C(O)CCCCCCCCC. The Morgan fingerprint density at radius 1 is 0.400 bits per heavy atom. The monoisotopic (exact) mass is 1150 g/mol. The van der Waals surface area contributed by atoms with Crippen molar-refractivity contribution in [2.45, 2.75) is 356 Å². The highest BCUT2D eigenvalue weighted by Crippen LogP contribution is 2.33. The first-order valence-electron chi connectivity index (χ1n) is 32.3. The van der Waals surface area contributed by atoms with Crippen LogP contribution in [0.5, 0.6) is 0 Å². The number of aliphatic hydroxyl groups excluding tert-OH is 11. The van der Waals surface area contributed by atoms with Gasteiger partial charge in [-0.05, 0) is 12.8 Å². The summed E-state index contributed by atoms with van der Waals surface area (Å²) in [7, 11) is 0. The van der Waals surface area contributed by atoms with E-state index in [0.717, 1.165) is 57.8 Å². The molecule has 3 fully saturated rings. The van der Waals surface area contributed by atoms with Gasteiger partial charge in [0, 0.05) is 6.42 Å². The van der Waals surface area contributed by atoms with E-state index in [2.05, 4.69) is 19.2 Å². The minimum absolute atomic E-state index is 0.242. The topological polar surface area (TPSA) is 307 Å². The van der Waals surface area contributed by atoms with Crippen molar-refractivity contribution in [2.75, 3.05) is 26.4 Å². The molecule has 19 nitrogen and oxygen atoms in total. The molecular weight excluding hydrogens is 1030 g/mol. The summed E-state index contributed by atoms with van der Waals surface area (Å²) >= 11 is 0. The van der Waals surface area contributed by atoms with E-state index in [0.29, 0.717) is 12.8 Å². The Hall–Kier alpha value is -1.21. The first kappa shape index (κ1) is 73.0. The third-order valence-electron chi connectivity index (χ3n) is 16.7. The van der Waals surface area contributed by atoms with Crippen molar-refractivity contribution >= 4 is 5.91 Å². The lowest BCUT2D eigenvalue weighted by molar-refractivity contribution is -0.379. The Balaban J connectivity index is 1.34. The zero-order valence-electron chi connectivity index (χ0n) is 49.6. The zero-order chi connectivity index (χ0) is 58.3. The molecule has 0 aromatic rings. The van der Waals surface area contributed by atoms with Gasteiger partial charge in [-0.2, -0.15) is 0 Å². The van der Waals surface area contributed by atoms with E-state index in [1.807, 2.05) is 0 Å². The molecular formula is C61H117NO18. The zero-order valence-corrected chi connectivity index (χ0v) is 49.6. The van der Waals surface area contributed by atoms with Crippen LogP contribution in [-0.4, -0.2) is 193 Å². The van der Waals surface area contributed by atoms with Gasteiger partial charge in [0.2, 0.25) is 5.91 Å². The summed E-state index contributed by atoms with van der Waals surface area (Å²) in [6.45, 7) is 1.75. The van der Waals surface area contributed by atoms with Crippen LogP contribution in [0.3, 0.4) is 0 Å². The Morgan fingerprint density at radius 2 is 0.713 bits per heavy atom. The van der Waals surface area contributed by atoms with Gasteiger partial charge in [-0.3, -0.25) is 4.79 Å². The summed E-state index contributed by atoms with van der Waals surface area (Å²) in [5.74, 6) is -0.242. The highest BCUT2D eigenvalue weighted by molar-refractivity contribution is 5.76. The van der Waals surface area contributed by atoms with Crippen LogP contribution >= 0.6 is 0 Å². The van der Waals surface area contributed by atoms with Crippen LogP contribution < -0.4 is 5.32 Å². The number of carbonyl (C=O) groups excluding carboxylic acids is 1. The van der Waals surface area contributed by atoms with Gasteiger partial charge >= 0.3 is 0 Å². The highest BCUT2D eigenvalue weighted by atomic mass is 16.8. The fraction of sp³-hybridized carbons (Fsp3) is 0.984. The molecule has 3 rings (SSSR count). The summed E-state index contributed by atoms with van der Waals surface area (Å²) in [6.07, 6.45) is 18.3. The summed E-state index contributed by atoms with van der Waals surface area (Å²) in [6, 6.07) is -0.878. The van der Waals surface area contributed by atoms with Crippen LogP contribution in [0.25, 0.3) is 0 Å². The van der Waals surface area contributed by atoms with Crippen molar-refractivity contribution in [1.29, 1.82) is 0 Å². The Kier molecular flexibility index (Phi) is 41.2. The maximum atomic E-state index is 13.3. The van der Waals surface area contributed by atoms with Gasteiger partial charge in [0.25, 0.3) is 0 Å². The summed E-state index contributed by atoms with van der Waals surface area (Å²) in [4.78, 5) is 13.3. The second-order valence-corrected chi connectivity index (χ2v) is 23.6. The van der Waals surface area contributed by atoms with Gasteiger partial charge in [-0.25, -0.2) is 0 Å². The number of unbranched alkanes of at least 4 members (excludes halogenated alkanes) is 33. The van der Waals surface area contributed by atoms with Crippen molar-refractivity contribution in [3.8, 4) is 0 Å². The van der Waals surface area contributed by atoms with E-state index in [4.69, 9.17) is 28.4 Å². The molecule has 3 aliphatic heterocycles. The number of aliphatic hydroxyl groups is 11. The van der Waals surface area contributed by atoms with Gasteiger partial charge in [0.05, 0.1) is 38.6 Å². The molecule has 0 spiro atoms. The van der Waals surface area contributed by atoms with Crippen LogP contribution in [0, 0.1) is 0 Å². The predicted octanol–water partition coefficient (Wildman–Crippen LogP) is 6.77. The molecule has 0 aromatic heterocycles. The quantitative estimate of drug-likeness (QED) is 0.0280. The van der Waals surface area contributed by atoms with E-state index in [-0.39, 0.29) is 18.9 Å². The van der Waals surface area contributed by atoms with Gasteiger partial charge in [0.1, 0.15) is 73.2 Å². The molecule has 17 atom stereocenters. The van der Waals surface area contributed by atoms with E-state index in [1.54, 1.807) is 0 Å². The number of rotatable bonds is 49. The van der Waals surface area contributed by atoms with Crippen molar-refractivity contribution < 1.29 is 89.4 Å². The first-order valence-corrected chi connectivity index (χ1v) is 32.3. The number of hydrogen-bond donors (Lipinski definition) is 12. The molecule has 0 bridgehead atoms. The molecule has 3 saturated heterocycles. The van der Waals surface area contributed by atoms with Gasteiger partial charge in [-0.1, -0.05) is 232 Å². The fourth-order valence-corrected chi connectivity index (χ4v) is 11.4. The molecule has 0 radical (unpaired) electrons.